The van der Waals surface area contributed by atoms with Crippen molar-refractivity contribution in [3.8, 4) is 0 Å². The van der Waals surface area contributed by atoms with Gasteiger partial charge in [-0.2, -0.15) is 0 Å². The van der Waals surface area contributed by atoms with Crippen molar-refractivity contribution in [3.05, 3.63) is 47.8 Å². The minimum Gasteiger partial charge on any atom is -0.367 e. The van der Waals surface area contributed by atoms with Crippen LogP contribution < -0.4 is 4.90 Å². The van der Waals surface area contributed by atoms with Gasteiger partial charge in [0.15, 0.2) is 0 Å². The third-order valence-corrected chi connectivity index (χ3v) is 3.87. The van der Waals surface area contributed by atoms with Gasteiger partial charge in [0.1, 0.15) is 5.82 Å². The molecule has 0 spiro atoms. The number of rotatable bonds is 3. The normalized spacial score (nSPS) is 16.6. The molecular formula is C15H19FN4. The number of H-pyrrole nitrogens is 1. The molecule has 1 aliphatic rings. The number of para-hydroxylation sites is 1. The SMILES string of the molecule is Cc1[nH]cnc1CN1CCN(c2ccccc2F)CC1. The van der Waals surface area contributed by atoms with Crippen molar-refractivity contribution in [3.63, 3.8) is 0 Å². The first-order valence-electron chi connectivity index (χ1n) is 6.95. The molecule has 0 unspecified atom stereocenters. The van der Waals surface area contributed by atoms with Gasteiger partial charge in [-0.15, -0.1) is 0 Å². The largest absolute Gasteiger partial charge is 0.367 e. The zero-order valence-electron chi connectivity index (χ0n) is 11.6. The first-order chi connectivity index (χ1) is 9.74. The summed E-state index contributed by atoms with van der Waals surface area (Å²) >= 11 is 0. The van der Waals surface area contributed by atoms with Crippen molar-refractivity contribution in [2.75, 3.05) is 31.1 Å². The molecule has 0 atom stereocenters. The van der Waals surface area contributed by atoms with E-state index < -0.39 is 0 Å². The van der Waals surface area contributed by atoms with Gasteiger partial charge in [0.05, 0.1) is 17.7 Å². The smallest absolute Gasteiger partial charge is 0.146 e. The highest BCUT2D eigenvalue weighted by Gasteiger charge is 2.20. The van der Waals surface area contributed by atoms with E-state index in [-0.39, 0.29) is 5.82 Å². The minimum absolute atomic E-state index is 0.135. The average molecular weight is 274 g/mol. The number of hydrogen-bond acceptors (Lipinski definition) is 3. The molecule has 0 aliphatic carbocycles. The Morgan fingerprint density at radius 2 is 1.95 bits per heavy atom. The summed E-state index contributed by atoms with van der Waals surface area (Å²) in [5.41, 5.74) is 2.94. The van der Waals surface area contributed by atoms with E-state index in [1.807, 2.05) is 19.1 Å². The minimum atomic E-state index is -0.135. The maximum atomic E-state index is 13.8. The molecule has 0 amide bonds. The maximum absolute atomic E-state index is 13.8. The number of piperazine rings is 1. The van der Waals surface area contributed by atoms with E-state index in [0.29, 0.717) is 5.69 Å². The summed E-state index contributed by atoms with van der Waals surface area (Å²) in [4.78, 5) is 11.9. The molecule has 1 aromatic carbocycles. The molecule has 1 aromatic heterocycles. The Hall–Kier alpha value is -1.88. The van der Waals surface area contributed by atoms with Crippen molar-refractivity contribution in [1.82, 2.24) is 14.9 Å². The zero-order valence-corrected chi connectivity index (χ0v) is 11.6. The van der Waals surface area contributed by atoms with Gasteiger partial charge < -0.3 is 9.88 Å². The van der Waals surface area contributed by atoms with E-state index in [1.165, 1.54) is 6.07 Å². The molecule has 1 aliphatic heterocycles. The predicted molar refractivity (Wildman–Crippen MR) is 77.2 cm³/mol. The fraction of sp³-hybridized carbons (Fsp3) is 0.400. The summed E-state index contributed by atoms with van der Waals surface area (Å²) < 4.78 is 13.8. The first-order valence-corrected chi connectivity index (χ1v) is 6.95. The molecule has 2 heterocycles. The second-order valence-corrected chi connectivity index (χ2v) is 5.19. The monoisotopic (exact) mass is 274 g/mol. The second kappa shape index (κ2) is 5.63. The lowest BCUT2D eigenvalue weighted by molar-refractivity contribution is 0.246. The lowest BCUT2D eigenvalue weighted by Gasteiger charge is -2.36. The number of aromatic amines is 1. The van der Waals surface area contributed by atoms with Crippen molar-refractivity contribution in [2.24, 2.45) is 0 Å². The highest BCUT2D eigenvalue weighted by Crippen LogP contribution is 2.20. The van der Waals surface area contributed by atoms with Gasteiger partial charge in [-0.05, 0) is 19.1 Å². The first kappa shape index (κ1) is 13.1. The highest BCUT2D eigenvalue weighted by atomic mass is 19.1. The molecule has 4 nitrogen and oxygen atoms in total. The molecule has 0 bridgehead atoms. The average Bonchev–Trinajstić information content (AvgIpc) is 2.86. The topological polar surface area (TPSA) is 35.2 Å². The molecule has 5 heteroatoms. The summed E-state index contributed by atoms with van der Waals surface area (Å²) in [5.74, 6) is -0.135. The Morgan fingerprint density at radius 3 is 2.60 bits per heavy atom. The number of aryl methyl sites for hydroxylation is 1. The molecule has 106 valence electrons. The molecule has 20 heavy (non-hydrogen) atoms. The Morgan fingerprint density at radius 1 is 1.20 bits per heavy atom. The van der Waals surface area contributed by atoms with E-state index in [0.717, 1.165) is 44.1 Å². The van der Waals surface area contributed by atoms with E-state index in [2.05, 4.69) is 19.8 Å². The van der Waals surface area contributed by atoms with Crippen LogP contribution in [0.15, 0.2) is 30.6 Å². The summed E-state index contributed by atoms with van der Waals surface area (Å²) in [6, 6.07) is 6.99. The third kappa shape index (κ3) is 2.67. The molecule has 1 fully saturated rings. The standard InChI is InChI=1S/C15H19FN4/c1-12-14(18-11-17-12)10-19-6-8-20(9-7-19)15-5-3-2-4-13(15)16/h2-5,11H,6-10H2,1H3,(H,17,18). The van der Waals surface area contributed by atoms with E-state index in [1.54, 1.807) is 12.4 Å². The van der Waals surface area contributed by atoms with Crippen LogP contribution in [0.3, 0.4) is 0 Å². The molecule has 3 rings (SSSR count). The number of anilines is 1. The second-order valence-electron chi connectivity index (χ2n) is 5.19. The number of benzene rings is 1. The fourth-order valence-electron chi connectivity index (χ4n) is 2.61. The van der Waals surface area contributed by atoms with Crippen molar-refractivity contribution in [1.29, 1.82) is 0 Å². The number of aromatic nitrogens is 2. The molecule has 1 saturated heterocycles. The molecule has 2 aromatic rings. The van der Waals surface area contributed by atoms with Crippen LogP contribution in [0.4, 0.5) is 10.1 Å². The van der Waals surface area contributed by atoms with Gasteiger partial charge in [-0.3, -0.25) is 4.90 Å². The number of imidazole rings is 1. The van der Waals surface area contributed by atoms with Gasteiger partial charge in [0.25, 0.3) is 0 Å². The van der Waals surface area contributed by atoms with Gasteiger partial charge in [-0.25, -0.2) is 9.37 Å². The lowest BCUT2D eigenvalue weighted by atomic mass is 10.2. The quantitative estimate of drug-likeness (QED) is 0.931. The van der Waals surface area contributed by atoms with Crippen LogP contribution in [-0.4, -0.2) is 41.0 Å². The number of nitrogens with one attached hydrogen (secondary N) is 1. The van der Waals surface area contributed by atoms with E-state index in [9.17, 15) is 4.39 Å². The summed E-state index contributed by atoms with van der Waals surface area (Å²) in [6.07, 6.45) is 1.74. The Kier molecular flexibility index (Phi) is 3.69. The summed E-state index contributed by atoms with van der Waals surface area (Å²) in [5, 5.41) is 0. The predicted octanol–water partition coefficient (Wildman–Crippen LogP) is 2.18. The van der Waals surface area contributed by atoms with Gasteiger partial charge >= 0.3 is 0 Å². The molecule has 1 N–H and O–H groups in total. The van der Waals surface area contributed by atoms with E-state index >= 15 is 0 Å². The van der Waals surface area contributed by atoms with Gasteiger partial charge in [-0.1, -0.05) is 12.1 Å². The molecule has 0 saturated carbocycles. The zero-order chi connectivity index (χ0) is 13.9. The van der Waals surface area contributed by atoms with Crippen molar-refractivity contribution in [2.45, 2.75) is 13.5 Å². The van der Waals surface area contributed by atoms with Crippen LogP contribution in [0, 0.1) is 12.7 Å². The van der Waals surface area contributed by atoms with Gasteiger partial charge in [0.2, 0.25) is 0 Å². The van der Waals surface area contributed by atoms with Crippen LogP contribution in [-0.2, 0) is 6.54 Å². The van der Waals surface area contributed by atoms with Crippen LogP contribution >= 0.6 is 0 Å². The molecule has 0 radical (unpaired) electrons. The van der Waals surface area contributed by atoms with Crippen LogP contribution in [0.25, 0.3) is 0 Å². The highest BCUT2D eigenvalue weighted by molar-refractivity contribution is 5.48. The van der Waals surface area contributed by atoms with E-state index in [4.69, 9.17) is 0 Å². The fourth-order valence-corrected chi connectivity index (χ4v) is 2.61. The number of halogens is 1. The van der Waals surface area contributed by atoms with Crippen LogP contribution in [0.1, 0.15) is 11.4 Å². The lowest BCUT2D eigenvalue weighted by Crippen LogP contribution is -2.46. The Bertz CT molecular complexity index is 573. The maximum Gasteiger partial charge on any atom is 0.146 e. The number of hydrogen-bond donors (Lipinski definition) is 1. The van der Waals surface area contributed by atoms with Crippen LogP contribution in [0.5, 0.6) is 0 Å². The summed E-state index contributed by atoms with van der Waals surface area (Å²) in [7, 11) is 0. The molecular weight excluding hydrogens is 255 g/mol. The van der Waals surface area contributed by atoms with Crippen molar-refractivity contribution < 1.29 is 4.39 Å². The summed E-state index contributed by atoms with van der Waals surface area (Å²) in [6.45, 7) is 6.47. The third-order valence-electron chi connectivity index (χ3n) is 3.87. The van der Waals surface area contributed by atoms with Crippen molar-refractivity contribution >= 4 is 5.69 Å². The Labute approximate surface area is 118 Å². The van der Waals surface area contributed by atoms with Crippen LogP contribution in [0.2, 0.25) is 0 Å². The Balaban J connectivity index is 1.60. The van der Waals surface area contributed by atoms with Gasteiger partial charge in [0, 0.05) is 38.4 Å². The number of nitrogens with zero attached hydrogens (tertiary/aromatic N) is 3.